The van der Waals surface area contributed by atoms with Crippen LogP contribution in [0.5, 0.6) is 0 Å². The molecule has 0 radical (unpaired) electrons. The van der Waals surface area contributed by atoms with Gasteiger partial charge in [-0.05, 0) is 67.5 Å². The van der Waals surface area contributed by atoms with Crippen molar-refractivity contribution in [2.75, 3.05) is 36.8 Å². The van der Waals surface area contributed by atoms with E-state index in [1.165, 1.54) is 53.4 Å². The van der Waals surface area contributed by atoms with Gasteiger partial charge in [-0.1, -0.05) is 12.1 Å². The average molecular weight is 411 g/mol. The van der Waals surface area contributed by atoms with E-state index >= 15 is 0 Å². The van der Waals surface area contributed by atoms with Crippen LogP contribution in [0, 0.1) is 5.82 Å². The van der Waals surface area contributed by atoms with Crippen molar-refractivity contribution < 1.29 is 9.18 Å². The van der Waals surface area contributed by atoms with Crippen LogP contribution in [-0.4, -0.2) is 48.7 Å². The summed E-state index contributed by atoms with van der Waals surface area (Å²) in [5, 5.41) is 0. The maximum Gasteiger partial charge on any atom is 0.162 e. The lowest BCUT2D eigenvalue weighted by molar-refractivity contribution is 0.0971. The van der Waals surface area contributed by atoms with E-state index in [1.54, 1.807) is 12.1 Å². The van der Waals surface area contributed by atoms with Crippen molar-refractivity contribution in [3.05, 3.63) is 59.4 Å². The van der Waals surface area contributed by atoms with Crippen LogP contribution in [0.15, 0.2) is 47.4 Å². The van der Waals surface area contributed by atoms with E-state index < -0.39 is 0 Å². The van der Waals surface area contributed by atoms with Gasteiger partial charge in [-0.25, -0.2) is 4.39 Å². The zero-order valence-electron chi connectivity index (χ0n) is 16.6. The number of carbonyl (C=O) groups is 1. The standard InChI is InChI=1S/C24H27FN2OS/c25-18-9-7-17(8-10-18)22(28)5-2-12-26-14-11-21-20(16-26)19-4-1-6-23-24(19)27(21)13-3-15-29-23/h1,4,6-10,20-21H,2-3,5,11-16H2/t20?,21-/m0/s1. The van der Waals surface area contributed by atoms with Crippen LogP contribution in [0.2, 0.25) is 0 Å². The van der Waals surface area contributed by atoms with Crippen molar-refractivity contribution in [3.8, 4) is 0 Å². The Morgan fingerprint density at radius 2 is 2.00 bits per heavy atom. The Morgan fingerprint density at radius 1 is 1.14 bits per heavy atom. The first-order chi connectivity index (χ1) is 14.2. The van der Waals surface area contributed by atoms with Crippen LogP contribution in [-0.2, 0) is 0 Å². The topological polar surface area (TPSA) is 23.6 Å². The molecule has 152 valence electrons. The van der Waals surface area contributed by atoms with Gasteiger partial charge in [-0.15, -0.1) is 11.8 Å². The molecule has 2 aromatic rings. The second kappa shape index (κ2) is 8.11. The number of fused-ring (bicyclic) bond motifs is 3. The molecule has 1 fully saturated rings. The van der Waals surface area contributed by atoms with Gasteiger partial charge in [0.15, 0.2) is 5.78 Å². The summed E-state index contributed by atoms with van der Waals surface area (Å²) in [4.78, 5) is 19.1. The molecule has 3 aliphatic rings. The minimum Gasteiger partial charge on any atom is -0.367 e. The quantitative estimate of drug-likeness (QED) is 0.650. The van der Waals surface area contributed by atoms with Gasteiger partial charge >= 0.3 is 0 Å². The van der Waals surface area contributed by atoms with Crippen molar-refractivity contribution in [2.24, 2.45) is 0 Å². The number of thioether (sulfide) groups is 1. The lowest BCUT2D eigenvalue weighted by Gasteiger charge is -2.39. The molecule has 3 heterocycles. The second-order valence-electron chi connectivity index (χ2n) is 8.39. The Morgan fingerprint density at radius 3 is 2.86 bits per heavy atom. The molecule has 0 bridgehead atoms. The summed E-state index contributed by atoms with van der Waals surface area (Å²) in [5.74, 6) is 1.63. The third-order valence-electron chi connectivity index (χ3n) is 6.62. The maximum absolute atomic E-state index is 13.0. The van der Waals surface area contributed by atoms with Gasteiger partial charge in [-0.2, -0.15) is 0 Å². The summed E-state index contributed by atoms with van der Waals surface area (Å²) in [6.07, 6.45) is 3.85. The van der Waals surface area contributed by atoms with Gasteiger partial charge in [0, 0.05) is 48.5 Å². The van der Waals surface area contributed by atoms with E-state index in [1.807, 2.05) is 11.8 Å². The van der Waals surface area contributed by atoms with Crippen molar-refractivity contribution in [1.29, 1.82) is 0 Å². The third-order valence-corrected chi connectivity index (χ3v) is 7.76. The molecule has 1 unspecified atom stereocenters. The van der Waals surface area contributed by atoms with Gasteiger partial charge in [-0.3, -0.25) is 4.79 Å². The molecular weight excluding hydrogens is 383 g/mol. The Bertz CT molecular complexity index is 900. The Hall–Kier alpha value is -1.85. The highest BCUT2D eigenvalue weighted by Crippen LogP contribution is 2.50. The average Bonchev–Trinajstić information content (AvgIpc) is 2.89. The third kappa shape index (κ3) is 3.71. The first-order valence-electron chi connectivity index (χ1n) is 10.7. The largest absolute Gasteiger partial charge is 0.367 e. The molecule has 2 atom stereocenters. The van der Waals surface area contributed by atoms with Gasteiger partial charge in [0.1, 0.15) is 5.82 Å². The predicted molar refractivity (Wildman–Crippen MR) is 117 cm³/mol. The monoisotopic (exact) mass is 410 g/mol. The Balaban J connectivity index is 1.22. The molecule has 1 saturated heterocycles. The molecule has 0 aromatic heterocycles. The van der Waals surface area contributed by atoms with Crippen LogP contribution < -0.4 is 4.90 Å². The molecule has 0 saturated carbocycles. The first-order valence-corrected chi connectivity index (χ1v) is 11.7. The fourth-order valence-corrected chi connectivity index (χ4v) is 6.30. The molecule has 0 amide bonds. The number of carbonyl (C=O) groups excluding carboxylic acids is 1. The molecule has 0 aliphatic carbocycles. The summed E-state index contributed by atoms with van der Waals surface area (Å²) in [6, 6.07) is 13.4. The summed E-state index contributed by atoms with van der Waals surface area (Å²) >= 11 is 2.01. The Kier molecular flexibility index (Phi) is 5.35. The zero-order valence-corrected chi connectivity index (χ0v) is 17.5. The minimum absolute atomic E-state index is 0.112. The summed E-state index contributed by atoms with van der Waals surface area (Å²) < 4.78 is 13.0. The molecule has 0 spiro atoms. The number of hydrogen-bond donors (Lipinski definition) is 0. The number of halogens is 1. The van der Waals surface area contributed by atoms with E-state index in [9.17, 15) is 9.18 Å². The van der Waals surface area contributed by atoms with E-state index in [2.05, 4.69) is 28.0 Å². The number of hydrogen-bond acceptors (Lipinski definition) is 4. The zero-order chi connectivity index (χ0) is 19.8. The summed E-state index contributed by atoms with van der Waals surface area (Å²) in [7, 11) is 0. The van der Waals surface area contributed by atoms with Gasteiger partial charge in [0.25, 0.3) is 0 Å². The van der Waals surface area contributed by atoms with Crippen LogP contribution >= 0.6 is 11.8 Å². The number of piperidine rings is 1. The van der Waals surface area contributed by atoms with E-state index in [4.69, 9.17) is 0 Å². The smallest absolute Gasteiger partial charge is 0.162 e. The van der Waals surface area contributed by atoms with Crippen LogP contribution in [0.3, 0.4) is 0 Å². The van der Waals surface area contributed by atoms with Crippen molar-refractivity contribution in [3.63, 3.8) is 0 Å². The molecule has 3 nitrogen and oxygen atoms in total. The molecule has 5 heteroatoms. The van der Waals surface area contributed by atoms with Crippen molar-refractivity contribution in [1.82, 2.24) is 4.90 Å². The second-order valence-corrected chi connectivity index (χ2v) is 9.52. The highest BCUT2D eigenvalue weighted by atomic mass is 32.2. The van der Waals surface area contributed by atoms with Crippen LogP contribution in [0.1, 0.15) is 47.5 Å². The lowest BCUT2D eigenvalue weighted by Crippen LogP contribution is -2.46. The van der Waals surface area contributed by atoms with E-state index in [-0.39, 0.29) is 11.6 Å². The number of anilines is 1. The van der Waals surface area contributed by atoms with E-state index in [0.717, 1.165) is 26.1 Å². The van der Waals surface area contributed by atoms with Gasteiger partial charge in [0.05, 0.1) is 5.69 Å². The highest BCUT2D eigenvalue weighted by Gasteiger charge is 2.43. The molecule has 5 rings (SSSR count). The number of rotatable bonds is 5. The van der Waals surface area contributed by atoms with Crippen molar-refractivity contribution in [2.45, 2.75) is 42.5 Å². The highest BCUT2D eigenvalue weighted by molar-refractivity contribution is 7.99. The number of para-hydroxylation sites is 1. The fraction of sp³-hybridized carbons (Fsp3) is 0.458. The minimum atomic E-state index is -0.295. The number of ketones is 1. The van der Waals surface area contributed by atoms with Crippen LogP contribution in [0.4, 0.5) is 10.1 Å². The van der Waals surface area contributed by atoms with Crippen LogP contribution in [0.25, 0.3) is 0 Å². The fourth-order valence-electron chi connectivity index (χ4n) is 5.26. The first kappa shape index (κ1) is 19.1. The van der Waals surface area contributed by atoms with Crippen molar-refractivity contribution >= 4 is 23.2 Å². The Labute approximate surface area is 176 Å². The number of nitrogens with zero attached hydrogens (tertiary/aromatic N) is 2. The normalized spacial score (nSPS) is 23.4. The number of likely N-dealkylation sites (tertiary alicyclic amines) is 1. The van der Waals surface area contributed by atoms with Gasteiger partial charge in [0.2, 0.25) is 0 Å². The van der Waals surface area contributed by atoms with Gasteiger partial charge < -0.3 is 9.80 Å². The molecule has 0 N–H and O–H groups in total. The summed E-state index contributed by atoms with van der Waals surface area (Å²) in [6.45, 7) is 4.34. The maximum atomic E-state index is 13.0. The lowest BCUT2D eigenvalue weighted by atomic mass is 9.89. The number of Topliss-reactive ketones (excluding diaryl/α,β-unsaturated/α-hetero) is 1. The molecule has 3 aliphatic heterocycles. The number of benzene rings is 2. The van der Waals surface area contributed by atoms with E-state index in [0.29, 0.717) is 23.9 Å². The molecular formula is C24H27FN2OS. The molecule has 2 aromatic carbocycles. The summed E-state index contributed by atoms with van der Waals surface area (Å²) in [5.41, 5.74) is 3.66. The SMILES string of the molecule is O=C(CCCN1CC[C@H]2C(C1)c1cccc3c1N2CCCS3)c1ccc(F)cc1. The predicted octanol–water partition coefficient (Wildman–Crippen LogP) is 4.96. The molecule has 29 heavy (non-hydrogen) atoms.